The Morgan fingerprint density at radius 3 is 3.06 bits per heavy atom. The number of rotatable bonds is 4. The first-order chi connectivity index (χ1) is 7.81. The van der Waals surface area contributed by atoms with Gasteiger partial charge in [0.25, 0.3) is 0 Å². The lowest BCUT2D eigenvalue weighted by Crippen LogP contribution is -2.21. The minimum absolute atomic E-state index is 0.242. The van der Waals surface area contributed by atoms with Crippen LogP contribution in [0.15, 0.2) is 24.3 Å². The molecule has 2 N–H and O–H groups in total. The fourth-order valence-electron chi connectivity index (χ4n) is 2.35. The first-order valence-corrected chi connectivity index (χ1v) is 7.39. The van der Waals surface area contributed by atoms with Crippen molar-refractivity contribution < 1.29 is 0 Å². The molecule has 1 aliphatic heterocycles. The molecule has 0 bridgehead atoms. The second-order valence-corrected chi connectivity index (χ2v) is 5.79. The van der Waals surface area contributed by atoms with Crippen LogP contribution in [-0.2, 0) is 6.42 Å². The maximum absolute atomic E-state index is 6.35. The monoisotopic (exact) mass is 235 g/mol. The minimum atomic E-state index is 0.242. The molecule has 0 aliphatic carbocycles. The third-order valence-corrected chi connectivity index (χ3v) is 4.54. The van der Waals surface area contributed by atoms with Gasteiger partial charge in [0, 0.05) is 6.04 Å². The Hall–Kier alpha value is -0.470. The van der Waals surface area contributed by atoms with Crippen molar-refractivity contribution in [2.45, 2.75) is 32.2 Å². The van der Waals surface area contributed by atoms with Crippen LogP contribution in [0.1, 0.15) is 36.9 Å². The smallest absolute Gasteiger partial charge is 0.0331 e. The highest BCUT2D eigenvalue weighted by Gasteiger charge is 2.23. The fourth-order valence-corrected chi connectivity index (χ4v) is 3.67. The Bertz CT molecular complexity index is 331. The van der Waals surface area contributed by atoms with Gasteiger partial charge in [-0.15, -0.1) is 0 Å². The molecule has 0 spiro atoms. The van der Waals surface area contributed by atoms with E-state index < -0.39 is 0 Å². The molecule has 16 heavy (non-hydrogen) atoms. The van der Waals surface area contributed by atoms with Crippen LogP contribution in [0.4, 0.5) is 0 Å². The molecule has 0 saturated carbocycles. The Balaban J connectivity index is 2.09. The number of thioether (sulfide) groups is 1. The summed E-state index contributed by atoms with van der Waals surface area (Å²) in [6, 6.07) is 9.10. The van der Waals surface area contributed by atoms with Gasteiger partial charge in [0.05, 0.1) is 0 Å². The number of nitrogens with two attached hydrogens (primary N) is 1. The number of aryl methyl sites for hydroxylation is 1. The van der Waals surface area contributed by atoms with Gasteiger partial charge in [-0.3, -0.25) is 0 Å². The molecular formula is C14H21NS. The van der Waals surface area contributed by atoms with Gasteiger partial charge in [0.1, 0.15) is 0 Å². The van der Waals surface area contributed by atoms with Crippen molar-refractivity contribution >= 4 is 11.8 Å². The molecule has 2 unspecified atom stereocenters. The van der Waals surface area contributed by atoms with Gasteiger partial charge in [0.2, 0.25) is 0 Å². The zero-order valence-corrected chi connectivity index (χ0v) is 10.8. The average molecular weight is 235 g/mol. The zero-order chi connectivity index (χ0) is 11.4. The molecule has 2 atom stereocenters. The molecule has 1 aromatic rings. The van der Waals surface area contributed by atoms with Crippen LogP contribution >= 0.6 is 11.8 Å². The summed E-state index contributed by atoms with van der Waals surface area (Å²) in [4.78, 5) is 0. The standard InChI is InChI=1S/C14H21NS/c1-2-4-11-5-3-6-12(9-11)14(15)13-7-8-16-10-13/h3,5-6,9,13-14H,2,4,7-8,10,15H2,1H3. The van der Waals surface area contributed by atoms with Crippen LogP contribution in [-0.4, -0.2) is 11.5 Å². The van der Waals surface area contributed by atoms with Gasteiger partial charge >= 0.3 is 0 Å². The second kappa shape index (κ2) is 5.74. The van der Waals surface area contributed by atoms with Crippen LogP contribution in [0, 0.1) is 5.92 Å². The summed E-state index contributed by atoms with van der Waals surface area (Å²) in [5.74, 6) is 3.20. The van der Waals surface area contributed by atoms with E-state index in [0.717, 1.165) is 0 Å². The lowest BCUT2D eigenvalue weighted by Gasteiger charge is -2.19. The van der Waals surface area contributed by atoms with E-state index in [2.05, 4.69) is 31.2 Å². The topological polar surface area (TPSA) is 26.0 Å². The molecule has 88 valence electrons. The van der Waals surface area contributed by atoms with Gasteiger partial charge in [0.15, 0.2) is 0 Å². The Morgan fingerprint density at radius 1 is 1.50 bits per heavy atom. The van der Waals surface area contributed by atoms with E-state index in [0.29, 0.717) is 5.92 Å². The van der Waals surface area contributed by atoms with E-state index in [1.807, 2.05) is 11.8 Å². The van der Waals surface area contributed by atoms with Crippen LogP contribution < -0.4 is 5.73 Å². The van der Waals surface area contributed by atoms with E-state index in [4.69, 9.17) is 5.73 Å². The third-order valence-electron chi connectivity index (χ3n) is 3.35. The van der Waals surface area contributed by atoms with Gasteiger partial charge in [-0.05, 0) is 41.4 Å². The molecule has 1 heterocycles. The van der Waals surface area contributed by atoms with Gasteiger partial charge in [-0.25, -0.2) is 0 Å². The molecule has 2 rings (SSSR count). The third kappa shape index (κ3) is 2.80. The maximum atomic E-state index is 6.35. The summed E-state index contributed by atoms with van der Waals surface area (Å²) in [6.07, 6.45) is 3.65. The van der Waals surface area contributed by atoms with Crippen molar-refractivity contribution in [2.75, 3.05) is 11.5 Å². The molecule has 1 aromatic carbocycles. The summed E-state index contributed by atoms with van der Waals surface area (Å²) >= 11 is 2.04. The molecule has 2 heteroatoms. The van der Waals surface area contributed by atoms with Crippen molar-refractivity contribution in [1.82, 2.24) is 0 Å². The first-order valence-electron chi connectivity index (χ1n) is 6.23. The Kier molecular flexibility index (Phi) is 4.30. The lowest BCUT2D eigenvalue weighted by atomic mass is 9.92. The average Bonchev–Trinajstić information content (AvgIpc) is 2.82. The molecule has 0 radical (unpaired) electrons. The number of hydrogen-bond acceptors (Lipinski definition) is 2. The normalized spacial score (nSPS) is 22.2. The highest BCUT2D eigenvalue weighted by atomic mass is 32.2. The lowest BCUT2D eigenvalue weighted by molar-refractivity contribution is 0.482. The maximum Gasteiger partial charge on any atom is 0.0331 e. The fraction of sp³-hybridized carbons (Fsp3) is 0.571. The summed E-state index contributed by atoms with van der Waals surface area (Å²) in [5.41, 5.74) is 9.12. The highest BCUT2D eigenvalue weighted by Crippen LogP contribution is 2.32. The Morgan fingerprint density at radius 2 is 2.38 bits per heavy atom. The van der Waals surface area contributed by atoms with Crippen LogP contribution in [0.3, 0.4) is 0 Å². The van der Waals surface area contributed by atoms with Gasteiger partial charge in [-0.1, -0.05) is 37.6 Å². The summed E-state index contributed by atoms with van der Waals surface area (Å²) in [5, 5.41) is 0. The molecule has 0 amide bonds. The number of benzene rings is 1. The highest BCUT2D eigenvalue weighted by molar-refractivity contribution is 7.99. The van der Waals surface area contributed by atoms with Crippen LogP contribution in [0.2, 0.25) is 0 Å². The molecular weight excluding hydrogens is 214 g/mol. The van der Waals surface area contributed by atoms with Gasteiger partial charge in [-0.2, -0.15) is 11.8 Å². The van der Waals surface area contributed by atoms with E-state index in [9.17, 15) is 0 Å². The van der Waals surface area contributed by atoms with Gasteiger partial charge < -0.3 is 5.73 Å². The molecule has 1 aliphatic rings. The minimum Gasteiger partial charge on any atom is -0.324 e. The molecule has 1 fully saturated rings. The predicted octanol–water partition coefficient (Wildman–Crippen LogP) is 3.39. The molecule has 1 saturated heterocycles. The first kappa shape index (κ1) is 12.0. The van der Waals surface area contributed by atoms with Crippen LogP contribution in [0.5, 0.6) is 0 Å². The van der Waals surface area contributed by atoms with E-state index in [-0.39, 0.29) is 6.04 Å². The van der Waals surface area contributed by atoms with Crippen molar-refractivity contribution in [3.05, 3.63) is 35.4 Å². The number of hydrogen-bond donors (Lipinski definition) is 1. The summed E-state index contributed by atoms with van der Waals surface area (Å²) < 4.78 is 0. The van der Waals surface area contributed by atoms with Crippen molar-refractivity contribution in [3.63, 3.8) is 0 Å². The van der Waals surface area contributed by atoms with E-state index >= 15 is 0 Å². The predicted molar refractivity (Wildman–Crippen MR) is 72.8 cm³/mol. The SMILES string of the molecule is CCCc1cccc(C(N)C2CCSC2)c1. The van der Waals surface area contributed by atoms with Crippen LogP contribution in [0.25, 0.3) is 0 Å². The zero-order valence-electron chi connectivity index (χ0n) is 9.99. The summed E-state index contributed by atoms with van der Waals surface area (Å²) in [7, 11) is 0. The largest absolute Gasteiger partial charge is 0.324 e. The van der Waals surface area contributed by atoms with Crippen molar-refractivity contribution in [3.8, 4) is 0 Å². The Labute approximate surface area is 103 Å². The molecule has 1 nitrogen and oxygen atoms in total. The van der Waals surface area contributed by atoms with Crippen molar-refractivity contribution in [2.24, 2.45) is 11.7 Å². The van der Waals surface area contributed by atoms with E-state index in [1.165, 1.54) is 41.9 Å². The second-order valence-electron chi connectivity index (χ2n) is 4.64. The van der Waals surface area contributed by atoms with Crippen molar-refractivity contribution in [1.29, 1.82) is 0 Å². The summed E-state index contributed by atoms with van der Waals surface area (Å²) in [6.45, 7) is 2.22. The quantitative estimate of drug-likeness (QED) is 0.865. The van der Waals surface area contributed by atoms with E-state index in [1.54, 1.807) is 0 Å². The molecule has 0 aromatic heterocycles.